The Labute approximate surface area is 118 Å². The molecule has 5 heteroatoms. The van der Waals surface area contributed by atoms with Gasteiger partial charge in [0.25, 0.3) is 0 Å². The topological polar surface area (TPSA) is 58.4 Å². The third-order valence-corrected chi connectivity index (χ3v) is 4.25. The first-order valence-corrected chi connectivity index (χ1v) is 7.16. The maximum atomic E-state index is 13.8. The van der Waals surface area contributed by atoms with Crippen LogP contribution in [0.5, 0.6) is 0 Å². The number of halogens is 1. The molecule has 3 N–H and O–H groups in total. The van der Waals surface area contributed by atoms with E-state index in [1.165, 1.54) is 31.0 Å². The summed E-state index contributed by atoms with van der Waals surface area (Å²) in [5.74, 6) is -0.875. The largest absolute Gasteiger partial charge is 0.379 e. The number of benzene rings is 1. The number of rotatable bonds is 4. The second kappa shape index (κ2) is 5.05. The minimum absolute atomic E-state index is 0.225. The van der Waals surface area contributed by atoms with Crippen LogP contribution < -0.4 is 11.1 Å². The normalized spacial score (nSPS) is 26.7. The Morgan fingerprint density at radius 1 is 1.45 bits per heavy atom. The number of carbonyl (C=O) groups is 1. The average molecular weight is 277 g/mol. The van der Waals surface area contributed by atoms with Crippen molar-refractivity contribution in [3.63, 3.8) is 0 Å². The molecule has 1 aromatic rings. The molecule has 1 aromatic carbocycles. The highest BCUT2D eigenvalue weighted by Gasteiger charge is 2.38. The Balaban J connectivity index is 1.71. The number of nitrogens with one attached hydrogen (secondary N) is 1. The van der Waals surface area contributed by atoms with Crippen LogP contribution in [0.1, 0.15) is 36.5 Å². The van der Waals surface area contributed by atoms with E-state index in [4.69, 9.17) is 5.73 Å². The lowest BCUT2D eigenvalue weighted by Gasteiger charge is -2.20. The second-order valence-electron chi connectivity index (χ2n) is 5.91. The van der Waals surface area contributed by atoms with Gasteiger partial charge in [-0.05, 0) is 44.4 Å². The SMILES string of the molecule is CC1CC(Nc2cc(C(N)=O)ccc2F)CN1C1CC1. The zero-order valence-corrected chi connectivity index (χ0v) is 11.6. The minimum Gasteiger partial charge on any atom is -0.379 e. The number of amides is 1. The van der Waals surface area contributed by atoms with Gasteiger partial charge >= 0.3 is 0 Å². The summed E-state index contributed by atoms with van der Waals surface area (Å²) in [6.07, 6.45) is 3.56. The summed E-state index contributed by atoms with van der Waals surface area (Å²) < 4.78 is 13.8. The van der Waals surface area contributed by atoms with Crippen LogP contribution in [0.3, 0.4) is 0 Å². The first-order chi connectivity index (χ1) is 9.54. The van der Waals surface area contributed by atoms with Gasteiger partial charge in [0.1, 0.15) is 5.82 Å². The van der Waals surface area contributed by atoms with Crippen LogP contribution in [0.4, 0.5) is 10.1 Å². The molecule has 3 rings (SSSR count). The van der Waals surface area contributed by atoms with Crippen LogP contribution in [-0.4, -0.2) is 35.5 Å². The van der Waals surface area contributed by atoms with E-state index in [0.29, 0.717) is 17.3 Å². The van der Waals surface area contributed by atoms with E-state index < -0.39 is 5.91 Å². The van der Waals surface area contributed by atoms with Crippen LogP contribution in [0.2, 0.25) is 0 Å². The lowest BCUT2D eigenvalue weighted by Crippen LogP contribution is -2.31. The predicted molar refractivity (Wildman–Crippen MR) is 76.1 cm³/mol. The van der Waals surface area contributed by atoms with Gasteiger partial charge in [0.2, 0.25) is 5.91 Å². The summed E-state index contributed by atoms with van der Waals surface area (Å²) in [6.45, 7) is 3.16. The Morgan fingerprint density at radius 3 is 2.85 bits per heavy atom. The van der Waals surface area contributed by atoms with Crippen LogP contribution in [0.25, 0.3) is 0 Å². The molecule has 2 aliphatic rings. The van der Waals surface area contributed by atoms with Crippen molar-refractivity contribution >= 4 is 11.6 Å². The lowest BCUT2D eigenvalue weighted by atomic mass is 10.1. The van der Waals surface area contributed by atoms with Gasteiger partial charge in [-0.2, -0.15) is 0 Å². The van der Waals surface area contributed by atoms with Crippen molar-refractivity contribution in [3.8, 4) is 0 Å². The highest BCUT2D eigenvalue weighted by Crippen LogP contribution is 2.34. The monoisotopic (exact) mass is 277 g/mol. The summed E-state index contributed by atoms with van der Waals surface area (Å²) >= 11 is 0. The van der Waals surface area contributed by atoms with E-state index >= 15 is 0 Å². The van der Waals surface area contributed by atoms with E-state index in [9.17, 15) is 9.18 Å². The molecule has 108 valence electrons. The molecular formula is C15H20FN3O. The fourth-order valence-corrected chi connectivity index (χ4v) is 3.08. The first kappa shape index (κ1) is 13.4. The smallest absolute Gasteiger partial charge is 0.248 e. The summed E-state index contributed by atoms with van der Waals surface area (Å²) in [6, 6.07) is 5.68. The van der Waals surface area contributed by atoms with E-state index in [0.717, 1.165) is 19.0 Å². The van der Waals surface area contributed by atoms with Crippen LogP contribution >= 0.6 is 0 Å². The van der Waals surface area contributed by atoms with Gasteiger partial charge in [-0.15, -0.1) is 0 Å². The number of nitrogens with two attached hydrogens (primary N) is 1. The number of hydrogen-bond acceptors (Lipinski definition) is 3. The Bertz CT molecular complexity index is 530. The van der Waals surface area contributed by atoms with Crippen LogP contribution in [0.15, 0.2) is 18.2 Å². The zero-order valence-electron chi connectivity index (χ0n) is 11.6. The van der Waals surface area contributed by atoms with Gasteiger partial charge in [0, 0.05) is 30.2 Å². The highest BCUT2D eigenvalue weighted by atomic mass is 19.1. The number of hydrogen-bond donors (Lipinski definition) is 2. The molecule has 2 atom stereocenters. The van der Waals surface area contributed by atoms with Crippen molar-refractivity contribution in [2.75, 3.05) is 11.9 Å². The van der Waals surface area contributed by atoms with Crippen LogP contribution in [0, 0.1) is 5.82 Å². The van der Waals surface area contributed by atoms with Crippen molar-refractivity contribution < 1.29 is 9.18 Å². The molecule has 0 aromatic heterocycles. The number of likely N-dealkylation sites (tertiary alicyclic amines) is 1. The van der Waals surface area contributed by atoms with Crippen molar-refractivity contribution in [3.05, 3.63) is 29.6 Å². The molecule has 2 unspecified atom stereocenters. The van der Waals surface area contributed by atoms with Gasteiger partial charge in [-0.3, -0.25) is 9.69 Å². The van der Waals surface area contributed by atoms with Crippen molar-refractivity contribution in [1.82, 2.24) is 4.90 Å². The molecule has 4 nitrogen and oxygen atoms in total. The standard InChI is InChI=1S/C15H20FN3O/c1-9-6-11(8-19(9)12-3-4-12)18-14-7-10(15(17)20)2-5-13(14)16/h2,5,7,9,11-12,18H,3-4,6,8H2,1H3,(H2,17,20). The molecule has 1 amide bonds. The summed E-state index contributed by atoms with van der Waals surface area (Å²) in [5.41, 5.74) is 5.94. The molecule has 1 saturated heterocycles. The fraction of sp³-hybridized carbons (Fsp3) is 0.533. The summed E-state index contributed by atoms with van der Waals surface area (Å²) in [5, 5.41) is 3.22. The zero-order chi connectivity index (χ0) is 14.3. The van der Waals surface area contributed by atoms with E-state index in [1.807, 2.05) is 0 Å². The van der Waals surface area contributed by atoms with Crippen molar-refractivity contribution in [1.29, 1.82) is 0 Å². The Hall–Kier alpha value is -1.62. The van der Waals surface area contributed by atoms with E-state index in [-0.39, 0.29) is 11.9 Å². The van der Waals surface area contributed by atoms with Gasteiger partial charge in [-0.1, -0.05) is 0 Å². The first-order valence-electron chi connectivity index (χ1n) is 7.16. The Morgan fingerprint density at radius 2 is 2.20 bits per heavy atom. The molecule has 1 heterocycles. The van der Waals surface area contributed by atoms with E-state index in [1.54, 1.807) is 0 Å². The van der Waals surface area contributed by atoms with Gasteiger partial charge in [0.15, 0.2) is 0 Å². The number of primary amides is 1. The highest BCUT2D eigenvalue weighted by molar-refractivity contribution is 5.93. The molecule has 1 saturated carbocycles. The van der Waals surface area contributed by atoms with Gasteiger partial charge < -0.3 is 11.1 Å². The molecule has 2 fully saturated rings. The quantitative estimate of drug-likeness (QED) is 0.884. The molecule has 20 heavy (non-hydrogen) atoms. The second-order valence-corrected chi connectivity index (χ2v) is 5.91. The van der Waals surface area contributed by atoms with Gasteiger partial charge in [-0.25, -0.2) is 4.39 Å². The van der Waals surface area contributed by atoms with Crippen LogP contribution in [-0.2, 0) is 0 Å². The average Bonchev–Trinajstić information content (AvgIpc) is 3.17. The molecule has 0 spiro atoms. The minimum atomic E-state index is -0.535. The molecule has 0 bridgehead atoms. The fourth-order valence-electron chi connectivity index (χ4n) is 3.08. The number of nitrogens with zero attached hydrogens (tertiary/aromatic N) is 1. The molecular weight excluding hydrogens is 257 g/mol. The number of carbonyl (C=O) groups excluding carboxylic acids is 1. The van der Waals surface area contributed by atoms with E-state index in [2.05, 4.69) is 17.1 Å². The predicted octanol–water partition coefficient (Wildman–Crippen LogP) is 1.96. The van der Waals surface area contributed by atoms with Crippen molar-refractivity contribution in [2.24, 2.45) is 5.73 Å². The Kier molecular flexibility index (Phi) is 3.38. The molecule has 1 aliphatic heterocycles. The lowest BCUT2D eigenvalue weighted by molar-refractivity contribution is 0.100. The molecule has 1 aliphatic carbocycles. The maximum absolute atomic E-state index is 13.8. The molecule has 0 radical (unpaired) electrons. The van der Waals surface area contributed by atoms with Gasteiger partial charge in [0.05, 0.1) is 5.69 Å². The van der Waals surface area contributed by atoms with Crippen molar-refractivity contribution in [2.45, 2.75) is 44.3 Å². The summed E-state index contributed by atoms with van der Waals surface area (Å²) in [4.78, 5) is 13.7. The maximum Gasteiger partial charge on any atom is 0.248 e. The number of anilines is 1. The third kappa shape index (κ3) is 2.63. The summed E-state index contributed by atoms with van der Waals surface area (Å²) in [7, 11) is 0. The third-order valence-electron chi connectivity index (χ3n) is 4.25.